The molecule has 1 N–H and O–H groups in total. The molecule has 0 aliphatic carbocycles. The Morgan fingerprint density at radius 1 is 0.811 bits per heavy atom. The Balaban J connectivity index is 1.31. The summed E-state index contributed by atoms with van der Waals surface area (Å²) in [7, 11) is 0. The Morgan fingerprint density at radius 2 is 1.51 bits per heavy atom. The summed E-state index contributed by atoms with van der Waals surface area (Å²) < 4.78 is 17.4. The fraction of sp³-hybridized carbons (Fsp3) is 0.133. The highest BCUT2D eigenvalue weighted by molar-refractivity contribution is 6.30. The molecule has 0 aliphatic heterocycles. The summed E-state index contributed by atoms with van der Waals surface area (Å²) in [6.45, 7) is 3.18. The molecule has 0 heterocycles. The molecule has 0 spiro atoms. The zero-order chi connectivity index (χ0) is 25.9. The molecule has 37 heavy (non-hydrogen) atoms. The van der Waals surface area contributed by atoms with Crippen LogP contribution >= 0.6 is 11.6 Å². The Hall–Kier alpha value is -4.29. The number of halogens is 1. The maximum absolute atomic E-state index is 12.6. The Bertz CT molecular complexity index is 1320. The van der Waals surface area contributed by atoms with Gasteiger partial charge in [-0.05, 0) is 78.2 Å². The molecule has 1 amide bonds. The molecule has 0 bridgehead atoms. The van der Waals surface area contributed by atoms with Crippen LogP contribution < -0.4 is 19.6 Å². The highest BCUT2D eigenvalue weighted by Gasteiger charge is 2.11. The number of nitrogens with one attached hydrogen (secondary N) is 1. The van der Waals surface area contributed by atoms with Crippen molar-refractivity contribution in [2.75, 3.05) is 6.61 Å². The first-order valence-electron chi connectivity index (χ1n) is 11.8. The van der Waals surface area contributed by atoms with Crippen molar-refractivity contribution in [3.63, 3.8) is 0 Å². The van der Waals surface area contributed by atoms with Crippen LogP contribution in [-0.2, 0) is 13.2 Å². The molecule has 4 rings (SSSR count). The van der Waals surface area contributed by atoms with E-state index >= 15 is 0 Å². The van der Waals surface area contributed by atoms with Crippen LogP contribution in [0.15, 0.2) is 102 Å². The Morgan fingerprint density at radius 3 is 2.24 bits per heavy atom. The SMILES string of the molecule is CCOc1cc(C(=O)N/N=C/c2ccc(OCc3ccc(Cl)cc3)cc2)ccc1OCc1ccccc1. The minimum absolute atomic E-state index is 0.352. The summed E-state index contributed by atoms with van der Waals surface area (Å²) in [4.78, 5) is 12.6. The zero-order valence-corrected chi connectivity index (χ0v) is 21.2. The van der Waals surface area contributed by atoms with Crippen molar-refractivity contribution in [1.82, 2.24) is 5.43 Å². The van der Waals surface area contributed by atoms with E-state index in [1.807, 2.05) is 85.8 Å². The van der Waals surface area contributed by atoms with Crippen LogP contribution in [0, 0.1) is 0 Å². The standard InChI is InChI=1S/C30H27ClN2O4/c1-2-35-29-18-25(12-17-28(29)37-21-23-6-4-3-5-7-23)30(34)33-32-19-22-10-15-27(16-11-22)36-20-24-8-13-26(31)14-9-24/h3-19H,2,20-21H2,1H3,(H,33,34)/b32-19+. The van der Waals surface area contributed by atoms with E-state index in [1.165, 1.54) is 0 Å². The van der Waals surface area contributed by atoms with Crippen LogP contribution in [0.1, 0.15) is 34.0 Å². The smallest absolute Gasteiger partial charge is 0.271 e. The molecule has 4 aromatic rings. The van der Waals surface area contributed by atoms with Crippen LogP contribution in [-0.4, -0.2) is 18.7 Å². The van der Waals surface area contributed by atoms with Crippen LogP contribution in [0.25, 0.3) is 0 Å². The van der Waals surface area contributed by atoms with Gasteiger partial charge in [-0.1, -0.05) is 54.1 Å². The predicted octanol–water partition coefficient (Wildman–Crippen LogP) is 6.66. The number of hydrogen-bond acceptors (Lipinski definition) is 5. The van der Waals surface area contributed by atoms with Gasteiger partial charge in [-0.15, -0.1) is 0 Å². The van der Waals surface area contributed by atoms with Crippen molar-refractivity contribution >= 4 is 23.7 Å². The molecule has 188 valence electrons. The predicted molar refractivity (Wildman–Crippen MR) is 146 cm³/mol. The number of amides is 1. The van der Waals surface area contributed by atoms with Gasteiger partial charge in [-0.2, -0.15) is 5.10 Å². The summed E-state index contributed by atoms with van der Waals surface area (Å²) in [5.74, 6) is 1.46. The van der Waals surface area contributed by atoms with Crippen LogP contribution in [0.4, 0.5) is 0 Å². The maximum atomic E-state index is 12.6. The van der Waals surface area contributed by atoms with Crippen LogP contribution in [0.5, 0.6) is 17.2 Å². The van der Waals surface area contributed by atoms with Gasteiger partial charge in [0.25, 0.3) is 5.91 Å². The molecule has 4 aromatic carbocycles. The monoisotopic (exact) mass is 514 g/mol. The average molecular weight is 515 g/mol. The number of benzene rings is 4. The lowest BCUT2D eigenvalue weighted by atomic mass is 10.2. The third kappa shape index (κ3) is 7.85. The molecular weight excluding hydrogens is 488 g/mol. The number of carbonyl (C=O) groups excluding carboxylic acids is 1. The summed E-state index contributed by atoms with van der Waals surface area (Å²) in [5.41, 5.74) is 5.86. The molecule has 0 unspecified atom stereocenters. The number of rotatable bonds is 11. The Kier molecular flexibility index (Phi) is 9.16. The topological polar surface area (TPSA) is 69.2 Å². The Labute approximate surface area is 221 Å². The number of hydrazone groups is 1. The molecule has 7 heteroatoms. The first-order chi connectivity index (χ1) is 18.1. The lowest BCUT2D eigenvalue weighted by Crippen LogP contribution is -2.17. The van der Waals surface area contributed by atoms with Gasteiger partial charge in [0.1, 0.15) is 19.0 Å². The second kappa shape index (κ2) is 13.1. The molecule has 0 aromatic heterocycles. The van der Waals surface area contributed by atoms with Crippen molar-refractivity contribution in [2.45, 2.75) is 20.1 Å². The van der Waals surface area contributed by atoms with Gasteiger partial charge in [0.2, 0.25) is 0 Å². The van der Waals surface area contributed by atoms with E-state index in [4.69, 9.17) is 25.8 Å². The molecule has 0 fully saturated rings. The fourth-order valence-corrected chi connectivity index (χ4v) is 3.53. The average Bonchev–Trinajstić information content (AvgIpc) is 2.93. The number of nitrogens with zero attached hydrogens (tertiary/aromatic N) is 1. The zero-order valence-electron chi connectivity index (χ0n) is 20.4. The molecule has 0 aliphatic rings. The second-order valence-corrected chi connectivity index (χ2v) is 8.49. The van der Waals surface area contributed by atoms with E-state index < -0.39 is 0 Å². The fourth-order valence-electron chi connectivity index (χ4n) is 3.40. The summed E-state index contributed by atoms with van der Waals surface area (Å²) in [6, 6.07) is 29.9. The summed E-state index contributed by atoms with van der Waals surface area (Å²) in [5, 5.41) is 4.77. The first-order valence-corrected chi connectivity index (χ1v) is 12.2. The van der Waals surface area contributed by atoms with Gasteiger partial charge in [-0.3, -0.25) is 4.79 Å². The molecule has 0 saturated heterocycles. The maximum Gasteiger partial charge on any atom is 0.271 e. The van der Waals surface area contributed by atoms with Crippen LogP contribution in [0.2, 0.25) is 5.02 Å². The van der Waals surface area contributed by atoms with E-state index in [0.717, 1.165) is 22.4 Å². The minimum Gasteiger partial charge on any atom is -0.490 e. The van der Waals surface area contributed by atoms with Crippen molar-refractivity contribution in [2.24, 2.45) is 5.10 Å². The van der Waals surface area contributed by atoms with Gasteiger partial charge >= 0.3 is 0 Å². The normalized spacial score (nSPS) is 10.8. The van der Waals surface area contributed by atoms with E-state index in [0.29, 0.717) is 41.9 Å². The summed E-state index contributed by atoms with van der Waals surface area (Å²) >= 11 is 5.91. The molecule has 0 atom stereocenters. The lowest BCUT2D eigenvalue weighted by Gasteiger charge is -2.13. The highest BCUT2D eigenvalue weighted by atomic mass is 35.5. The number of carbonyl (C=O) groups is 1. The first kappa shape index (κ1) is 25.8. The van der Waals surface area contributed by atoms with Gasteiger partial charge < -0.3 is 14.2 Å². The van der Waals surface area contributed by atoms with E-state index in [9.17, 15) is 4.79 Å². The van der Waals surface area contributed by atoms with E-state index in [1.54, 1.807) is 24.4 Å². The molecule has 6 nitrogen and oxygen atoms in total. The van der Waals surface area contributed by atoms with Crippen molar-refractivity contribution in [3.05, 3.63) is 124 Å². The third-order valence-electron chi connectivity index (χ3n) is 5.32. The van der Waals surface area contributed by atoms with Gasteiger partial charge in [0, 0.05) is 10.6 Å². The van der Waals surface area contributed by atoms with Crippen molar-refractivity contribution < 1.29 is 19.0 Å². The third-order valence-corrected chi connectivity index (χ3v) is 5.57. The van der Waals surface area contributed by atoms with Crippen molar-refractivity contribution in [1.29, 1.82) is 0 Å². The molecular formula is C30H27ClN2O4. The second-order valence-electron chi connectivity index (χ2n) is 8.05. The highest BCUT2D eigenvalue weighted by Crippen LogP contribution is 2.29. The quantitative estimate of drug-likeness (QED) is 0.179. The van der Waals surface area contributed by atoms with Gasteiger partial charge in [0.05, 0.1) is 12.8 Å². The van der Waals surface area contributed by atoms with Crippen molar-refractivity contribution in [3.8, 4) is 17.2 Å². The summed E-state index contributed by atoms with van der Waals surface area (Å²) in [6.07, 6.45) is 1.57. The van der Waals surface area contributed by atoms with E-state index in [-0.39, 0.29) is 5.91 Å². The number of hydrogen-bond donors (Lipinski definition) is 1. The van der Waals surface area contributed by atoms with Gasteiger partial charge in [0.15, 0.2) is 11.5 Å². The largest absolute Gasteiger partial charge is 0.490 e. The molecule has 0 radical (unpaired) electrons. The van der Waals surface area contributed by atoms with E-state index in [2.05, 4.69) is 10.5 Å². The molecule has 0 saturated carbocycles. The van der Waals surface area contributed by atoms with Crippen LogP contribution in [0.3, 0.4) is 0 Å². The lowest BCUT2D eigenvalue weighted by molar-refractivity contribution is 0.0954. The minimum atomic E-state index is -0.352. The van der Waals surface area contributed by atoms with Gasteiger partial charge in [-0.25, -0.2) is 5.43 Å². The number of ether oxygens (including phenoxy) is 3.